The van der Waals surface area contributed by atoms with Crippen LogP contribution in [0.3, 0.4) is 0 Å². The number of rotatable bonds is 9. The highest BCUT2D eigenvalue weighted by molar-refractivity contribution is 6.30. The predicted molar refractivity (Wildman–Crippen MR) is 134 cm³/mol. The summed E-state index contributed by atoms with van der Waals surface area (Å²) < 4.78 is 82.2. The Morgan fingerprint density at radius 1 is 1.07 bits per heavy atom. The number of carbonyl (C=O) groups is 1. The number of aliphatic hydroxyl groups is 1. The third kappa shape index (κ3) is 5.68. The Labute approximate surface area is 237 Å². The SMILES string of the molecule is O=C(Cc1ccncc1-n1cnc(Cn2nc(-c3ccc(Cl)cc3)n(C[C@H](O)C(F)(F)F)c2=O)n1)C1(C(F)(F)F)CC1. The maximum atomic E-state index is 13.4. The summed E-state index contributed by atoms with van der Waals surface area (Å²) in [6.07, 6.45) is -9.80. The van der Waals surface area contributed by atoms with Gasteiger partial charge >= 0.3 is 18.0 Å². The second-order valence-electron chi connectivity index (χ2n) is 9.73. The molecule has 1 aliphatic carbocycles. The van der Waals surface area contributed by atoms with Crippen LogP contribution >= 0.6 is 11.6 Å². The van der Waals surface area contributed by atoms with Crippen molar-refractivity contribution in [1.82, 2.24) is 34.1 Å². The maximum Gasteiger partial charge on any atom is 0.416 e. The zero-order valence-corrected chi connectivity index (χ0v) is 22.0. The number of Topliss-reactive ketones (excluding diaryl/α,β-unsaturated/α-hetero) is 1. The summed E-state index contributed by atoms with van der Waals surface area (Å²) >= 11 is 5.89. The summed E-state index contributed by atoms with van der Waals surface area (Å²) in [4.78, 5) is 33.7. The van der Waals surface area contributed by atoms with Crippen LogP contribution in [0.25, 0.3) is 17.1 Å². The first kappa shape index (κ1) is 29.4. The van der Waals surface area contributed by atoms with Crippen molar-refractivity contribution in [3.63, 3.8) is 0 Å². The molecule has 0 saturated heterocycles. The van der Waals surface area contributed by atoms with Crippen molar-refractivity contribution in [2.24, 2.45) is 5.41 Å². The van der Waals surface area contributed by atoms with E-state index >= 15 is 0 Å². The van der Waals surface area contributed by atoms with Crippen molar-refractivity contribution >= 4 is 17.4 Å². The average molecular weight is 616 g/mol. The molecule has 0 bridgehead atoms. The Bertz CT molecular complexity index is 1670. The second-order valence-corrected chi connectivity index (χ2v) is 10.2. The number of aromatic nitrogens is 7. The van der Waals surface area contributed by atoms with Gasteiger partial charge in [-0.3, -0.25) is 14.3 Å². The lowest BCUT2D eigenvalue weighted by Crippen LogP contribution is -2.37. The quantitative estimate of drug-likeness (QED) is 0.285. The fourth-order valence-corrected chi connectivity index (χ4v) is 4.50. The summed E-state index contributed by atoms with van der Waals surface area (Å²) in [5.74, 6) is -1.18. The Morgan fingerprint density at radius 2 is 1.76 bits per heavy atom. The topological polar surface area (TPSA) is 121 Å². The molecule has 1 aliphatic rings. The Hall–Kier alpha value is -4.05. The van der Waals surface area contributed by atoms with Crippen molar-refractivity contribution in [3.05, 3.63) is 75.9 Å². The van der Waals surface area contributed by atoms with Crippen LogP contribution in [0.4, 0.5) is 26.3 Å². The molecular weight excluding hydrogens is 596 g/mol. The van der Waals surface area contributed by atoms with Gasteiger partial charge in [0.25, 0.3) is 0 Å². The minimum absolute atomic E-state index is 0.0316. The van der Waals surface area contributed by atoms with Gasteiger partial charge < -0.3 is 5.11 Å². The van der Waals surface area contributed by atoms with Gasteiger partial charge in [0.2, 0.25) is 0 Å². The monoisotopic (exact) mass is 615 g/mol. The molecule has 0 unspecified atom stereocenters. The van der Waals surface area contributed by atoms with Crippen LogP contribution in [0.2, 0.25) is 5.02 Å². The van der Waals surface area contributed by atoms with Crippen molar-refractivity contribution < 1.29 is 36.2 Å². The molecule has 1 fully saturated rings. The molecule has 4 aromatic rings. The van der Waals surface area contributed by atoms with Gasteiger partial charge in [-0.2, -0.15) is 26.3 Å². The highest BCUT2D eigenvalue weighted by Crippen LogP contribution is 2.58. The fraction of sp³-hybridized carbons (Fsp3) is 0.360. The number of hydrogen-bond acceptors (Lipinski definition) is 7. The van der Waals surface area contributed by atoms with Crippen LogP contribution in [0.1, 0.15) is 24.2 Å². The standard InChI is InChI=1S/C25H20ClF6N7O3/c26-16-3-1-14(2-4-16)21-36-38(22(42)37(21)11-19(41)24(27,28)29)12-20-34-13-39(35-20)17-10-33-8-5-15(17)9-18(40)23(6-7-23)25(30,31)32/h1-5,8,10,13,19,41H,6-7,9,11-12H2/t19-/m0/s1. The van der Waals surface area contributed by atoms with Gasteiger partial charge in [0.15, 0.2) is 23.5 Å². The summed E-state index contributed by atoms with van der Waals surface area (Å²) in [6, 6.07) is 7.16. The van der Waals surface area contributed by atoms with Gasteiger partial charge in [-0.25, -0.2) is 19.1 Å². The summed E-state index contributed by atoms with van der Waals surface area (Å²) in [6.45, 7) is -1.54. The van der Waals surface area contributed by atoms with E-state index in [2.05, 4.69) is 20.2 Å². The number of hydrogen-bond donors (Lipinski definition) is 1. The number of nitrogens with zero attached hydrogens (tertiary/aromatic N) is 7. The van der Waals surface area contributed by atoms with Gasteiger partial charge in [0, 0.05) is 23.2 Å². The Morgan fingerprint density at radius 3 is 2.38 bits per heavy atom. The van der Waals surface area contributed by atoms with Crippen LogP contribution in [0.15, 0.2) is 53.8 Å². The normalized spacial score (nSPS) is 15.5. The minimum atomic E-state index is -5.00. The Balaban J connectivity index is 1.43. The number of carbonyl (C=O) groups excluding carboxylic acids is 1. The second kappa shape index (κ2) is 10.7. The molecule has 1 N–H and O–H groups in total. The zero-order valence-electron chi connectivity index (χ0n) is 21.3. The van der Waals surface area contributed by atoms with Crippen molar-refractivity contribution in [1.29, 1.82) is 0 Å². The number of ketones is 1. The molecule has 1 aromatic carbocycles. The summed E-state index contributed by atoms with van der Waals surface area (Å²) in [5, 5.41) is 18.3. The molecule has 10 nitrogen and oxygen atoms in total. The van der Waals surface area contributed by atoms with Crippen molar-refractivity contribution in [2.45, 2.75) is 50.8 Å². The van der Waals surface area contributed by atoms with E-state index in [4.69, 9.17) is 11.6 Å². The van der Waals surface area contributed by atoms with E-state index in [1.54, 1.807) is 0 Å². The molecule has 3 heterocycles. The molecule has 3 aromatic heterocycles. The van der Waals surface area contributed by atoms with Gasteiger partial charge in [0.1, 0.15) is 18.3 Å². The van der Waals surface area contributed by atoms with Crippen molar-refractivity contribution in [3.8, 4) is 17.1 Å². The van der Waals surface area contributed by atoms with E-state index < -0.39 is 54.9 Å². The van der Waals surface area contributed by atoms with Crippen LogP contribution in [-0.2, 0) is 24.3 Å². The average Bonchev–Trinajstić information content (AvgIpc) is 3.55. The summed E-state index contributed by atoms with van der Waals surface area (Å²) in [7, 11) is 0. The predicted octanol–water partition coefficient (Wildman–Crippen LogP) is 3.77. The number of pyridine rings is 1. The van der Waals surface area contributed by atoms with E-state index in [9.17, 15) is 41.0 Å². The molecular formula is C25H20ClF6N7O3. The van der Waals surface area contributed by atoms with Crippen LogP contribution in [0, 0.1) is 5.41 Å². The fourth-order valence-electron chi connectivity index (χ4n) is 4.38. The molecule has 5 rings (SSSR count). The largest absolute Gasteiger partial charge is 0.416 e. The van der Waals surface area contributed by atoms with E-state index in [-0.39, 0.29) is 41.3 Å². The molecule has 0 amide bonds. The molecule has 0 aliphatic heterocycles. The van der Waals surface area contributed by atoms with Crippen LogP contribution in [-0.4, -0.2) is 63.4 Å². The lowest BCUT2D eigenvalue weighted by atomic mass is 9.94. The lowest BCUT2D eigenvalue weighted by molar-refractivity contribution is -0.207. The number of alkyl halides is 6. The molecule has 42 heavy (non-hydrogen) atoms. The van der Waals surface area contributed by atoms with Gasteiger partial charge in [-0.05, 0) is 48.7 Å². The van der Waals surface area contributed by atoms with Gasteiger partial charge in [-0.1, -0.05) is 11.6 Å². The molecule has 1 saturated carbocycles. The first-order valence-corrected chi connectivity index (χ1v) is 12.7. The van der Waals surface area contributed by atoms with Gasteiger partial charge in [-0.15, -0.1) is 10.2 Å². The molecule has 222 valence electrons. The third-order valence-corrected chi connectivity index (χ3v) is 7.15. The van der Waals surface area contributed by atoms with Gasteiger partial charge in [0.05, 0.1) is 18.4 Å². The number of benzene rings is 1. The zero-order chi connectivity index (χ0) is 30.4. The smallest absolute Gasteiger partial charge is 0.382 e. The summed E-state index contributed by atoms with van der Waals surface area (Å²) in [5.41, 5.74) is -2.71. The van der Waals surface area contributed by atoms with Crippen LogP contribution in [0.5, 0.6) is 0 Å². The molecule has 17 heteroatoms. The van der Waals surface area contributed by atoms with E-state index in [0.29, 0.717) is 9.59 Å². The maximum absolute atomic E-state index is 13.4. The Kier molecular flexibility index (Phi) is 7.47. The minimum Gasteiger partial charge on any atom is -0.382 e. The van der Waals surface area contributed by atoms with E-state index in [0.717, 1.165) is 9.36 Å². The first-order chi connectivity index (χ1) is 19.7. The van der Waals surface area contributed by atoms with E-state index in [1.807, 2.05) is 0 Å². The molecule has 1 atom stereocenters. The highest BCUT2D eigenvalue weighted by atomic mass is 35.5. The van der Waals surface area contributed by atoms with E-state index in [1.165, 1.54) is 49.1 Å². The third-order valence-electron chi connectivity index (χ3n) is 6.90. The first-order valence-electron chi connectivity index (χ1n) is 12.3. The van der Waals surface area contributed by atoms with Crippen LogP contribution < -0.4 is 5.69 Å². The lowest BCUT2D eigenvalue weighted by Gasteiger charge is -2.18. The number of halogens is 7. The molecule has 0 spiro atoms. The molecule has 0 radical (unpaired) electrons. The van der Waals surface area contributed by atoms with Crippen molar-refractivity contribution in [2.75, 3.05) is 0 Å². The number of aliphatic hydroxyl groups excluding tert-OH is 1. The highest BCUT2D eigenvalue weighted by Gasteiger charge is 2.67.